The quantitative estimate of drug-likeness (QED) is 0.624. The van der Waals surface area contributed by atoms with Crippen molar-refractivity contribution in [3.8, 4) is 0 Å². The van der Waals surface area contributed by atoms with Gasteiger partial charge in [-0.05, 0) is 39.0 Å². The maximum Gasteiger partial charge on any atom is 0.0225 e. The molecule has 0 aliphatic carbocycles. The second-order valence-corrected chi connectivity index (χ2v) is 5.02. The monoisotopic (exact) mass is 226 g/mol. The van der Waals surface area contributed by atoms with Crippen LogP contribution in [0.1, 0.15) is 59.8 Å². The van der Waals surface area contributed by atoms with E-state index in [1.54, 1.807) is 0 Å². The third kappa shape index (κ3) is 7.02. The Balaban J connectivity index is 4.46. The average Bonchev–Trinajstić information content (AvgIpc) is 2.21. The lowest BCUT2D eigenvalue weighted by atomic mass is 9.92. The minimum atomic E-state index is 0.140. The van der Waals surface area contributed by atoms with Gasteiger partial charge >= 0.3 is 0 Å². The average molecular weight is 226 g/mol. The van der Waals surface area contributed by atoms with Crippen molar-refractivity contribution in [3.05, 3.63) is 11.6 Å². The molecule has 0 rings (SSSR count). The molecule has 0 aromatic carbocycles. The highest BCUT2D eigenvalue weighted by Gasteiger charge is 2.10. The molecule has 4 N–H and O–H groups in total. The first-order chi connectivity index (χ1) is 7.51. The summed E-state index contributed by atoms with van der Waals surface area (Å²) in [6, 6.07) is 0.350. The Labute approximate surface area is 101 Å². The molecular weight excluding hydrogens is 196 g/mol. The van der Waals surface area contributed by atoms with Gasteiger partial charge in [-0.3, -0.25) is 0 Å². The smallest absolute Gasteiger partial charge is 0.0225 e. The van der Waals surface area contributed by atoms with E-state index in [2.05, 4.69) is 26.8 Å². The second-order valence-electron chi connectivity index (χ2n) is 5.02. The molecule has 2 nitrogen and oxygen atoms in total. The molecule has 3 unspecified atom stereocenters. The van der Waals surface area contributed by atoms with Crippen LogP contribution in [0.3, 0.4) is 0 Å². The molecule has 0 spiro atoms. The second kappa shape index (κ2) is 8.77. The third-order valence-corrected chi connectivity index (χ3v) is 3.05. The normalized spacial score (nSPS) is 18.2. The highest BCUT2D eigenvalue weighted by molar-refractivity contribution is 5.11. The van der Waals surface area contributed by atoms with Crippen LogP contribution in [-0.2, 0) is 0 Å². The first-order valence-electron chi connectivity index (χ1n) is 6.72. The van der Waals surface area contributed by atoms with Crippen molar-refractivity contribution in [2.45, 2.75) is 71.9 Å². The fourth-order valence-corrected chi connectivity index (χ4v) is 1.95. The van der Waals surface area contributed by atoms with Gasteiger partial charge in [0, 0.05) is 12.1 Å². The van der Waals surface area contributed by atoms with Crippen molar-refractivity contribution in [3.63, 3.8) is 0 Å². The van der Waals surface area contributed by atoms with Crippen LogP contribution in [0, 0.1) is 5.92 Å². The number of hydrogen-bond donors (Lipinski definition) is 2. The fourth-order valence-electron chi connectivity index (χ4n) is 1.95. The van der Waals surface area contributed by atoms with Crippen molar-refractivity contribution in [1.82, 2.24) is 0 Å². The molecule has 2 heteroatoms. The molecule has 0 aliphatic rings. The number of nitrogens with two attached hydrogens (primary N) is 2. The zero-order valence-corrected chi connectivity index (χ0v) is 11.5. The molecule has 0 heterocycles. The Hall–Kier alpha value is -0.340. The van der Waals surface area contributed by atoms with Gasteiger partial charge in [-0.25, -0.2) is 0 Å². The molecule has 0 radical (unpaired) electrons. The van der Waals surface area contributed by atoms with Crippen molar-refractivity contribution in [2.24, 2.45) is 17.4 Å². The molecule has 0 saturated heterocycles. The molecule has 0 aromatic rings. The van der Waals surface area contributed by atoms with Crippen LogP contribution < -0.4 is 11.5 Å². The molecule has 0 fully saturated rings. The lowest BCUT2D eigenvalue weighted by Crippen LogP contribution is -2.25. The highest BCUT2D eigenvalue weighted by atomic mass is 14.6. The lowest BCUT2D eigenvalue weighted by molar-refractivity contribution is 0.529. The summed E-state index contributed by atoms with van der Waals surface area (Å²) in [4.78, 5) is 0. The number of unbranched alkanes of at least 4 members (excludes halogenated alkanes) is 1. The summed E-state index contributed by atoms with van der Waals surface area (Å²) in [6.07, 6.45) is 8.37. The van der Waals surface area contributed by atoms with Gasteiger partial charge in [0.2, 0.25) is 0 Å². The number of allylic oxidation sites excluding steroid dienone is 1. The van der Waals surface area contributed by atoms with Gasteiger partial charge in [0.05, 0.1) is 0 Å². The lowest BCUT2D eigenvalue weighted by Gasteiger charge is -2.18. The maximum atomic E-state index is 5.99. The molecule has 3 atom stereocenters. The molecule has 0 aromatic heterocycles. The van der Waals surface area contributed by atoms with Crippen molar-refractivity contribution in [2.75, 3.05) is 0 Å². The Bertz CT molecular complexity index is 195. The van der Waals surface area contributed by atoms with E-state index in [9.17, 15) is 0 Å². The number of rotatable bonds is 8. The fraction of sp³-hybridized carbons (Fsp3) is 0.857. The SMILES string of the molecule is CCCCC(C=C(CC(C)N)C(C)N)CC. The van der Waals surface area contributed by atoms with Crippen molar-refractivity contribution >= 4 is 0 Å². The Kier molecular flexibility index (Phi) is 8.58. The van der Waals surface area contributed by atoms with E-state index in [1.165, 1.54) is 31.3 Å². The van der Waals surface area contributed by atoms with E-state index in [0.717, 1.165) is 6.42 Å². The van der Waals surface area contributed by atoms with Crippen molar-refractivity contribution in [1.29, 1.82) is 0 Å². The zero-order valence-electron chi connectivity index (χ0n) is 11.5. The summed E-state index contributed by atoms with van der Waals surface area (Å²) in [5.74, 6) is 0.680. The summed E-state index contributed by atoms with van der Waals surface area (Å²) in [5.41, 5.74) is 13.2. The van der Waals surface area contributed by atoms with Crippen LogP contribution in [0.15, 0.2) is 11.6 Å². The Morgan fingerprint density at radius 3 is 2.19 bits per heavy atom. The Morgan fingerprint density at radius 2 is 1.81 bits per heavy atom. The van der Waals surface area contributed by atoms with E-state index < -0.39 is 0 Å². The highest BCUT2D eigenvalue weighted by Crippen LogP contribution is 2.19. The van der Waals surface area contributed by atoms with Gasteiger partial charge in [-0.2, -0.15) is 0 Å². The topological polar surface area (TPSA) is 52.0 Å². The van der Waals surface area contributed by atoms with Crippen LogP contribution in [0.5, 0.6) is 0 Å². The minimum absolute atomic E-state index is 0.140. The molecule has 0 saturated carbocycles. The predicted molar refractivity (Wildman–Crippen MR) is 73.3 cm³/mol. The summed E-state index contributed by atoms with van der Waals surface area (Å²) in [6.45, 7) is 8.59. The largest absolute Gasteiger partial charge is 0.328 e. The van der Waals surface area contributed by atoms with E-state index >= 15 is 0 Å². The van der Waals surface area contributed by atoms with E-state index in [0.29, 0.717) is 5.92 Å². The summed E-state index contributed by atoms with van der Waals surface area (Å²) >= 11 is 0. The van der Waals surface area contributed by atoms with Crippen molar-refractivity contribution < 1.29 is 0 Å². The van der Waals surface area contributed by atoms with Gasteiger partial charge in [-0.1, -0.05) is 38.3 Å². The predicted octanol–water partition coefficient (Wildman–Crippen LogP) is 3.21. The maximum absolute atomic E-state index is 5.99. The van der Waals surface area contributed by atoms with Gasteiger partial charge in [0.25, 0.3) is 0 Å². The summed E-state index contributed by atoms with van der Waals surface area (Å²) < 4.78 is 0. The van der Waals surface area contributed by atoms with E-state index in [4.69, 9.17) is 11.5 Å². The molecule has 0 aliphatic heterocycles. The molecule has 0 amide bonds. The first kappa shape index (κ1) is 15.7. The van der Waals surface area contributed by atoms with Gasteiger partial charge in [-0.15, -0.1) is 0 Å². The van der Waals surface area contributed by atoms with Crippen LogP contribution in [-0.4, -0.2) is 12.1 Å². The molecule has 16 heavy (non-hydrogen) atoms. The standard InChI is InChI=1S/C14H30N2/c1-5-7-8-13(6-2)10-14(12(4)16)9-11(3)15/h10-13H,5-9,15-16H2,1-4H3. The van der Waals surface area contributed by atoms with Crippen LogP contribution in [0.25, 0.3) is 0 Å². The first-order valence-corrected chi connectivity index (χ1v) is 6.72. The summed E-state index contributed by atoms with van der Waals surface area (Å²) in [7, 11) is 0. The van der Waals surface area contributed by atoms with E-state index in [-0.39, 0.29) is 12.1 Å². The molecule has 96 valence electrons. The number of hydrogen-bond acceptors (Lipinski definition) is 2. The minimum Gasteiger partial charge on any atom is -0.328 e. The van der Waals surface area contributed by atoms with Gasteiger partial charge in [0.15, 0.2) is 0 Å². The summed E-state index contributed by atoms with van der Waals surface area (Å²) in [5, 5.41) is 0. The zero-order chi connectivity index (χ0) is 12.6. The third-order valence-electron chi connectivity index (χ3n) is 3.05. The van der Waals surface area contributed by atoms with Crippen LogP contribution >= 0.6 is 0 Å². The van der Waals surface area contributed by atoms with E-state index in [1.807, 2.05) is 6.92 Å². The van der Waals surface area contributed by atoms with Gasteiger partial charge < -0.3 is 11.5 Å². The molecular formula is C14H30N2. The van der Waals surface area contributed by atoms with Crippen LogP contribution in [0.4, 0.5) is 0 Å². The van der Waals surface area contributed by atoms with Gasteiger partial charge in [0.1, 0.15) is 0 Å². The molecule has 0 bridgehead atoms. The van der Waals surface area contributed by atoms with Crippen LogP contribution in [0.2, 0.25) is 0 Å². The Morgan fingerprint density at radius 1 is 1.19 bits per heavy atom.